The Bertz CT molecular complexity index is 490. The van der Waals surface area contributed by atoms with Crippen LogP contribution in [0.4, 0.5) is 13.2 Å². The van der Waals surface area contributed by atoms with E-state index in [-0.39, 0.29) is 32.2 Å². The zero-order valence-electron chi connectivity index (χ0n) is 12.3. The number of aliphatic hydroxyl groups is 1. The van der Waals surface area contributed by atoms with Gasteiger partial charge in [0.25, 0.3) is 0 Å². The number of hydrogen-bond donors (Lipinski definition) is 1. The van der Waals surface area contributed by atoms with Gasteiger partial charge in [0, 0.05) is 44.1 Å². The third kappa shape index (κ3) is 2.80. The average molecular weight is 330 g/mol. The van der Waals surface area contributed by atoms with Crippen LogP contribution in [-0.4, -0.2) is 73.0 Å². The third-order valence-electron chi connectivity index (χ3n) is 4.66. The molecule has 0 aromatic rings. The van der Waals surface area contributed by atoms with Crippen LogP contribution in [-0.2, 0) is 10.0 Å². The smallest absolute Gasteiger partial charge is 0.380 e. The van der Waals surface area contributed by atoms with Gasteiger partial charge in [-0.1, -0.05) is 0 Å². The topological polar surface area (TPSA) is 60.9 Å². The zero-order chi connectivity index (χ0) is 16.2. The van der Waals surface area contributed by atoms with Gasteiger partial charge in [-0.15, -0.1) is 0 Å². The molecular weight excluding hydrogens is 309 g/mol. The minimum absolute atomic E-state index is 0.0379. The molecule has 2 bridgehead atoms. The van der Waals surface area contributed by atoms with Gasteiger partial charge >= 0.3 is 6.18 Å². The van der Waals surface area contributed by atoms with Gasteiger partial charge in [-0.3, -0.25) is 0 Å². The molecule has 5 nitrogen and oxygen atoms in total. The van der Waals surface area contributed by atoms with E-state index < -0.39 is 33.6 Å². The molecule has 1 N–H and O–H groups in total. The molecule has 2 fully saturated rings. The van der Waals surface area contributed by atoms with E-state index in [0.717, 1.165) is 10.6 Å². The Hall–Kier alpha value is -0.380. The summed E-state index contributed by atoms with van der Waals surface area (Å²) in [6, 6.07) is 0.0533. The number of nitrogens with zero attached hydrogens (tertiary/aromatic N) is 2. The molecule has 0 aliphatic carbocycles. The summed E-state index contributed by atoms with van der Waals surface area (Å²) in [7, 11) is -3.56. The van der Waals surface area contributed by atoms with Crippen molar-refractivity contribution in [3.05, 3.63) is 0 Å². The molecule has 0 radical (unpaired) electrons. The van der Waals surface area contributed by atoms with Gasteiger partial charge in [-0.2, -0.15) is 13.2 Å². The summed E-state index contributed by atoms with van der Waals surface area (Å²) in [5.41, 5.74) is -2.81. The summed E-state index contributed by atoms with van der Waals surface area (Å²) in [6.45, 7) is 3.24. The predicted octanol–water partition coefficient (Wildman–Crippen LogP) is 0.511. The van der Waals surface area contributed by atoms with E-state index in [2.05, 4.69) is 0 Å². The van der Waals surface area contributed by atoms with Crippen molar-refractivity contribution in [3.63, 3.8) is 0 Å². The van der Waals surface area contributed by atoms with Crippen molar-refractivity contribution in [2.45, 2.75) is 31.7 Å². The van der Waals surface area contributed by atoms with E-state index >= 15 is 0 Å². The average Bonchev–Trinajstić information content (AvgIpc) is 2.24. The fourth-order valence-corrected chi connectivity index (χ4v) is 4.27. The highest BCUT2D eigenvalue weighted by molar-refractivity contribution is 7.88. The highest BCUT2D eigenvalue weighted by atomic mass is 32.2. The summed E-state index contributed by atoms with van der Waals surface area (Å²) in [4.78, 5) is 1.87. The molecular formula is C12H21F3N2O3S. The first-order valence-electron chi connectivity index (χ1n) is 6.85. The molecule has 0 amide bonds. The highest BCUT2D eigenvalue weighted by Gasteiger charge is 2.67. The van der Waals surface area contributed by atoms with Crippen LogP contribution >= 0.6 is 0 Å². The quantitative estimate of drug-likeness (QED) is 0.802. The molecule has 2 saturated heterocycles. The lowest BCUT2D eigenvalue weighted by Crippen LogP contribution is -2.73. The van der Waals surface area contributed by atoms with E-state index in [4.69, 9.17) is 0 Å². The normalized spacial score (nSPS) is 36.2. The van der Waals surface area contributed by atoms with E-state index in [1.807, 2.05) is 18.7 Å². The van der Waals surface area contributed by atoms with E-state index in [0.29, 0.717) is 0 Å². The SMILES string of the molecule is CC(C)N1CC2CN(S(C)(=O)=O)CC(C1)C2(O)C(F)(F)F. The maximum absolute atomic E-state index is 13.4. The lowest BCUT2D eigenvalue weighted by molar-refractivity contribution is -0.322. The zero-order valence-corrected chi connectivity index (χ0v) is 13.1. The van der Waals surface area contributed by atoms with Crippen LogP contribution in [0, 0.1) is 11.8 Å². The number of rotatable bonds is 2. The number of likely N-dealkylation sites (tertiary alicyclic amines) is 1. The molecule has 2 atom stereocenters. The maximum atomic E-state index is 13.4. The van der Waals surface area contributed by atoms with Gasteiger partial charge in [-0.05, 0) is 13.8 Å². The molecule has 2 heterocycles. The van der Waals surface area contributed by atoms with Gasteiger partial charge in [0.1, 0.15) is 0 Å². The molecule has 2 unspecified atom stereocenters. The summed E-state index contributed by atoms with van der Waals surface area (Å²) < 4.78 is 64.4. The lowest BCUT2D eigenvalue weighted by atomic mass is 9.70. The molecule has 0 spiro atoms. The Morgan fingerprint density at radius 3 is 1.86 bits per heavy atom. The second-order valence-electron chi connectivity index (χ2n) is 6.34. The largest absolute Gasteiger partial charge is 0.417 e. The third-order valence-corrected chi connectivity index (χ3v) is 5.89. The highest BCUT2D eigenvalue weighted by Crippen LogP contribution is 2.48. The van der Waals surface area contributed by atoms with E-state index in [9.17, 15) is 26.7 Å². The Morgan fingerprint density at radius 2 is 1.57 bits per heavy atom. The molecule has 21 heavy (non-hydrogen) atoms. The van der Waals surface area contributed by atoms with Crippen molar-refractivity contribution in [1.29, 1.82) is 0 Å². The summed E-state index contributed by atoms with van der Waals surface area (Å²) in [5.74, 6) is -2.33. The molecule has 124 valence electrons. The second-order valence-corrected chi connectivity index (χ2v) is 8.33. The summed E-state index contributed by atoms with van der Waals surface area (Å²) in [6.07, 6.45) is -3.77. The molecule has 0 aromatic heterocycles. The van der Waals surface area contributed by atoms with Crippen LogP contribution in [0.25, 0.3) is 0 Å². The van der Waals surface area contributed by atoms with Gasteiger partial charge in [-0.25, -0.2) is 12.7 Å². The number of sulfonamides is 1. The minimum atomic E-state index is -4.75. The van der Waals surface area contributed by atoms with Gasteiger partial charge < -0.3 is 10.0 Å². The molecule has 2 aliphatic rings. The van der Waals surface area contributed by atoms with Crippen molar-refractivity contribution >= 4 is 10.0 Å². The first-order chi connectivity index (χ1) is 9.37. The van der Waals surface area contributed by atoms with Crippen molar-refractivity contribution in [2.24, 2.45) is 11.8 Å². The number of piperidine rings is 2. The van der Waals surface area contributed by atoms with Crippen molar-refractivity contribution in [2.75, 3.05) is 32.4 Å². The van der Waals surface area contributed by atoms with Crippen molar-refractivity contribution in [1.82, 2.24) is 9.21 Å². The molecule has 0 saturated carbocycles. The van der Waals surface area contributed by atoms with Crippen molar-refractivity contribution in [3.8, 4) is 0 Å². The van der Waals surface area contributed by atoms with Gasteiger partial charge in [0.05, 0.1) is 6.26 Å². The van der Waals surface area contributed by atoms with Crippen LogP contribution in [0.1, 0.15) is 13.8 Å². The van der Waals surface area contributed by atoms with Crippen LogP contribution in [0.15, 0.2) is 0 Å². The molecule has 2 rings (SSSR count). The lowest BCUT2D eigenvalue weighted by Gasteiger charge is -2.56. The molecule has 0 aromatic carbocycles. The predicted molar refractivity (Wildman–Crippen MR) is 71.1 cm³/mol. The van der Waals surface area contributed by atoms with Crippen LogP contribution in [0.3, 0.4) is 0 Å². The Morgan fingerprint density at radius 1 is 1.14 bits per heavy atom. The fraction of sp³-hybridized carbons (Fsp3) is 1.00. The fourth-order valence-electron chi connectivity index (χ4n) is 3.37. The van der Waals surface area contributed by atoms with Gasteiger partial charge in [0.15, 0.2) is 5.60 Å². The molecule has 9 heteroatoms. The number of alkyl halides is 3. The van der Waals surface area contributed by atoms with E-state index in [1.165, 1.54) is 0 Å². The first-order valence-corrected chi connectivity index (χ1v) is 8.70. The van der Waals surface area contributed by atoms with Crippen LogP contribution < -0.4 is 0 Å². The standard InChI is InChI=1S/C12H21F3N2O3S/c1-8(2)16-4-9-6-17(21(3,19)20)7-10(5-16)11(9,18)12(13,14)15/h8-10,18H,4-7H2,1-3H3. The van der Waals surface area contributed by atoms with E-state index in [1.54, 1.807) is 0 Å². The molecule has 2 aliphatic heterocycles. The summed E-state index contributed by atoms with van der Waals surface area (Å²) >= 11 is 0. The summed E-state index contributed by atoms with van der Waals surface area (Å²) in [5, 5.41) is 10.3. The Labute approximate surface area is 122 Å². The second kappa shape index (κ2) is 5.07. The Balaban J connectivity index is 2.38. The number of fused-ring (bicyclic) bond motifs is 2. The maximum Gasteiger partial charge on any atom is 0.417 e. The van der Waals surface area contributed by atoms with Crippen LogP contribution in [0.2, 0.25) is 0 Å². The number of hydrogen-bond acceptors (Lipinski definition) is 4. The van der Waals surface area contributed by atoms with Gasteiger partial charge in [0.2, 0.25) is 10.0 Å². The first kappa shape index (κ1) is 17.0. The van der Waals surface area contributed by atoms with Crippen molar-refractivity contribution < 1.29 is 26.7 Å². The minimum Gasteiger partial charge on any atom is -0.380 e. The monoisotopic (exact) mass is 330 g/mol. The Kier molecular flexibility index (Phi) is 4.10. The number of halogens is 3. The van der Waals surface area contributed by atoms with Crippen LogP contribution in [0.5, 0.6) is 0 Å².